The third-order valence-electron chi connectivity index (χ3n) is 4.00. The van der Waals surface area contributed by atoms with Crippen LogP contribution in [0.5, 0.6) is 5.75 Å². The second kappa shape index (κ2) is 8.51. The number of aliphatic carboxylic acids is 1. The van der Waals surface area contributed by atoms with Crippen molar-refractivity contribution in [1.29, 1.82) is 0 Å². The van der Waals surface area contributed by atoms with Crippen LogP contribution in [0, 0.1) is 0 Å². The summed E-state index contributed by atoms with van der Waals surface area (Å²) in [7, 11) is 0. The largest absolute Gasteiger partial charge is 0.548 e. The molecule has 0 aliphatic rings. The molecule has 0 spiro atoms. The Bertz CT molecular complexity index is 857. The molecule has 0 bridgehead atoms. The number of hydrogen-bond donors (Lipinski definition) is 1. The molecule has 1 N–H and O–H groups in total. The SMILES string of the molecule is CCCCc1cc(=O)oc2cc(O[C@@H](C)C(=O)N[C@@H](C)C(=O)[O-])ccc12. The van der Waals surface area contributed by atoms with Crippen LogP contribution >= 0.6 is 0 Å². The zero-order valence-electron chi connectivity index (χ0n) is 15.0. The lowest BCUT2D eigenvalue weighted by atomic mass is 10.0. The van der Waals surface area contributed by atoms with Crippen LogP contribution in [0.3, 0.4) is 0 Å². The first-order valence-electron chi connectivity index (χ1n) is 8.56. The summed E-state index contributed by atoms with van der Waals surface area (Å²) in [5, 5.41) is 13.8. The van der Waals surface area contributed by atoms with Crippen LogP contribution in [0.4, 0.5) is 0 Å². The van der Waals surface area contributed by atoms with Gasteiger partial charge in [0.15, 0.2) is 6.10 Å². The van der Waals surface area contributed by atoms with Gasteiger partial charge in [-0.3, -0.25) is 4.79 Å². The predicted octanol–water partition coefficient (Wildman–Crippen LogP) is 1.16. The van der Waals surface area contributed by atoms with E-state index in [0.29, 0.717) is 11.3 Å². The van der Waals surface area contributed by atoms with Gasteiger partial charge in [-0.15, -0.1) is 0 Å². The van der Waals surface area contributed by atoms with Crippen molar-refractivity contribution < 1.29 is 23.8 Å². The number of ether oxygens (including phenoxy) is 1. The molecule has 2 aromatic rings. The Hall–Kier alpha value is -2.83. The van der Waals surface area contributed by atoms with Crippen molar-refractivity contribution in [3.8, 4) is 5.75 Å². The van der Waals surface area contributed by atoms with E-state index in [2.05, 4.69) is 12.2 Å². The fourth-order valence-electron chi connectivity index (χ4n) is 2.50. The summed E-state index contributed by atoms with van der Waals surface area (Å²) < 4.78 is 10.8. The molecule has 2 atom stereocenters. The number of nitrogens with one attached hydrogen (secondary N) is 1. The maximum Gasteiger partial charge on any atom is 0.336 e. The van der Waals surface area contributed by atoms with Crippen LogP contribution in [-0.4, -0.2) is 24.0 Å². The Balaban J connectivity index is 2.19. The first-order valence-corrected chi connectivity index (χ1v) is 8.56. The molecule has 0 unspecified atom stereocenters. The molecule has 0 fully saturated rings. The van der Waals surface area contributed by atoms with E-state index in [9.17, 15) is 19.5 Å². The van der Waals surface area contributed by atoms with Crippen molar-refractivity contribution in [3.63, 3.8) is 0 Å². The zero-order chi connectivity index (χ0) is 19.3. The Labute approximate surface area is 151 Å². The molecule has 1 aromatic carbocycles. The minimum absolute atomic E-state index is 0.344. The highest BCUT2D eigenvalue weighted by Gasteiger charge is 2.18. The summed E-state index contributed by atoms with van der Waals surface area (Å²) >= 11 is 0. The third-order valence-corrected chi connectivity index (χ3v) is 4.00. The van der Waals surface area contributed by atoms with Crippen LogP contribution < -0.4 is 20.8 Å². The van der Waals surface area contributed by atoms with Gasteiger partial charge in [0.1, 0.15) is 11.3 Å². The maximum absolute atomic E-state index is 12.0. The molecule has 2 rings (SSSR count). The number of amides is 1. The first kappa shape index (κ1) is 19.5. The highest BCUT2D eigenvalue weighted by atomic mass is 16.5. The van der Waals surface area contributed by atoms with Gasteiger partial charge in [0.2, 0.25) is 0 Å². The molecule has 26 heavy (non-hydrogen) atoms. The fraction of sp³-hybridized carbons (Fsp3) is 0.421. The number of aryl methyl sites for hydroxylation is 1. The van der Waals surface area contributed by atoms with Gasteiger partial charge in [-0.25, -0.2) is 4.79 Å². The zero-order valence-corrected chi connectivity index (χ0v) is 15.0. The van der Waals surface area contributed by atoms with Gasteiger partial charge in [-0.2, -0.15) is 0 Å². The summed E-state index contributed by atoms with van der Waals surface area (Å²) in [6.45, 7) is 4.88. The number of unbranched alkanes of at least 4 members (excludes halogenated alkanes) is 1. The topological polar surface area (TPSA) is 109 Å². The number of carbonyl (C=O) groups excluding carboxylic acids is 2. The van der Waals surface area contributed by atoms with E-state index in [0.717, 1.165) is 30.2 Å². The fourth-order valence-corrected chi connectivity index (χ4v) is 2.50. The van der Waals surface area contributed by atoms with Gasteiger partial charge in [-0.05, 0) is 44.4 Å². The van der Waals surface area contributed by atoms with Crippen molar-refractivity contribution >= 4 is 22.8 Å². The number of carboxylic acid groups (broad SMARTS) is 1. The van der Waals surface area contributed by atoms with Gasteiger partial charge in [0.25, 0.3) is 5.91 Å². The Morgan fingerprint density at radius 2 is 2.00 bits per heavy atom. The Morgan fingerprint density at radius 3 is 2.65 bits per heavy atom. The molecule has 0 aliphatic carbocycles. The monoisotopic (exact) mass is 360 g/mol. The lowest BCUT2D eigenvalue weighted by molar-refractivity contribution is -0.307. The predicted molar refractivity (Wildman–Crippen MR) is 93.8 cm³/mol. The average molecular weight is 360 g/mol. The third kappa shape index (κ3) is 4.84. The van der Waals surface area contributed by atoms with Crippen molar-refractivity contribution in [3.05, 3.63) is 40.2 Å². The van der Waals surface area contributed by atoms with Gasteiger partial charge in [0.05, 0.1) is 12.0 Å². The van der Waals surface area contributed by atoms with Crippen LogP contribution in [0.25, 0.3) is 11.0 Å². The van der Waals surface area contributed by atoms with Crippen LogP contribution in [0.2, 0.25) is 0 Å². The maximum atomic E-state index is 12.0. The molecule has 0 saturated heterocycles. The number of fused-ring (bicyclic) bond motifs is 1. The van der Waals surface area contributed by atoms with Crippen molar-refractivity contribution in [2.45, 2.75) is 52.2 Å². The Morgan fingerprint density at radius 1 is 1.27 bits per heavy atom. The van der Waals surface area contributed by atoms with Gasteiger partial charge >= 0.3 is 5.63 Å². The number of benzene rings is 1. The molecule has 7 heteroatoms. The highest BCUT2D eigenvalue weighted by molar-refractivity contribution is 5.86. The minimum Gasteiger partial charge on any atom is -0.548 e. The number of carbonyl (C=O) groups is 2. The van der Waals surface area contributed by atoms with E-state index in [4.69, 9.17) is 9.15 Å². The second-order valence-corrected chi connectivity index (χ2v) is 6.16. The average Bonchev–Trinajstić information content (AvgIpc) is 2.58. The van der Waals surface area contributed by atoms with Crippen LogP contribution in [-0.2, 0) is 16.0 Å². The summed E-state index contributed by atoms with van der Waals surface area (Å²) in [5.74, 6) is -1.62. The standard InChI is InChI=1S/C19H23NO6/c1-4-5-6-13-9-17(21)26-16-10-14(7-8-15(13)16)25-12(3)18(22)20-11(2)19(23)24/h7-12H,4-6H2,1-3H3,(H,20,22)(H,23,24)/p-1/t11-,12-/m0/s1. The van der Waals surface area contributed by atoms with E-state index >= 15 is 0 Å². The second-order valence-electron chi connectivity index (χ2n) is 6.16. The summed E-state index contributed by atoms with van der Waals surface area (Å²) in [4.78, 5) is 34.4. The molecule has 140 valence electrons. The Kier molecular flexibility index (Phi) is 6.38. The van der Waals surface area contributed by atoms with E-state index < -0.39 is 29.6 Å². The van der Waals surface area contributed by atoms with E-state index in [1.165, 1.54) is 19.9 Å². The molecule has 0 radical (unpaired) electrons. The molecule has 1 heterocycles. The van der Waals surface area contributed by atoms with Crippen LogP contribution in [0.15, 0.2) is 33.5 Å². The molecule has 0 saturated carbocycles. The minimum atomic E-state index is -1.38. The summed E-state index contributed by atoms with van der Waals surface area (Å²) in [5.41, 5.74) is 0.865. The van der Waals surface area contributed by atoms with Crippen molar-refractivity contribution in [2.75, 3.05) is 0 Å². The highest BCUT2D eigenvalue weighted by Crippen LogP contribution is 2.24. The lowest BCUT2D eigenvalue weighted by Crippen LogP contribution is -2.49. The van der Waals surface area contributed by atoms with Crippen molar-refractivity contribution in [1.82, 2.24) is 5.32 Å². The van der Waals surface area contributed by atoms with E-state index in [1.54, 1.807) is 18.2 Å². The molecule has 0 aliphatic heterocycles. The van der Waals surface area contributed by atoms with E-state index in [1.807, 2.05) is 0 Å². The smallest absolute Gasteiger partial charge is 0.336 e. The quantitative estimate of drug-likeness (QED) is 0.708. The number of rotatable bonds is 8. The lowest BCUT2D eigenvalue weighted by Gasteiger charge is -2.19. The van der Waals surface area contributed by atoms with E-state index in [-0.39, 0.29) is 0 Å². The number of hydrogen-bond acceptors (Lipinski definition) is 6. The molecule has 1 aromatic heterocycles. The van der Waals surface area contributed by atoms with Gasteiger partial charge in [-0.1, -0.05) is 13.3 Å². The van der Waals surface area contributed by atoms with Crippen LogP contribution in [0.1, 0.15) is 39.2 Å². The molecule has 7 nitrogen and oxygen atoms in total. The molecular formula is C19H22NO6-. The number of carboxylic acids is 1. The van der Waals surface area contributed by atoms with Gasteiger partial charge < -0.3 is 24.4 Å². The molecular weight excluding hydrogens is 338 g/mol. The summed E-state index contributed by atoms with van der Waals surface area (Å²) in [6.07, 6.45) is 1.83. The molecule has 1 amide bonds. The summed E-state index contributed by atoms with van der Waals surface area (Å²) in [6, 6.07) is 5.40. The van der Waals surface area contributed by atoms with Gasteiger partial charge in [0, 0.05) is 17.5 Å². The first-order chi connectivity index (χ1) is 12.3. The normalized spacial score (nSPS) is 13.2. The van der Waals surface area contributed by atoms with Crippen molar-refractivity contribution in [2.24, 2.45) is 0 Å².